The molecule has 0 unspecified atom stereocenters. The Bertz CT molecular complexity index is 1410. The van der Waals surface area contributed by atoms with Gasteiger partial charge in [-0.3, -0.25) is 4.79 Å². The molecule has 0 aliphatic rings. The number of hydrogen-bond donors (Lipinski definition) is 0. The standard InChI is InChI=1S/C34H36N2O3S/c1-5-6-7-8-9-31(35-39-26(4)37)34(38)33-23-22-32(40-33)27-14-20-30(21-15-27)36(28-16-10-24(2)11-17-28)29-18-12-25(3)13-19-29/h10-23H,5-9H2,1-4H3/b35-31+. The summed E-state index contributed by atoms with van der Waals surface area (Å²) in [6, 6.07) is 29.2. The van der Waals surface area contributed by atoms with Crippen LogP contribution in [0.2, 0.25) is 0 Å². The molecule has 1 heterocycles. The van der Waals surface area contributed by atoms with E-state index in [0.717, 1.165) is 53.2 Å². The lowest BCUT2D eigenvalue weighted by molar-refractivity contribution is -0.140. The largest absolute Gasteiger partial charge is 0.331 e. The van der Waals surface area contributed by atoms with E-state index in [-0.39, 0.29) is 5.78 Å². The van der Waals surface area contributed by atoms with Crippen molar-refractivity contribution >= 4 is 45.9 Å². The van der Waals surface area contributed by atoms with Crippen molar-refractivity contribution in [2.24, 2.45) is 5.16 Å². The molecule has 0 amide bonds. The van der Waals surface area contributed by atoms with Gasteiger partial charge < -0.3 is 9.74 Å². The minimum atomic E-state index is -0.531. The Morgan fingerprint density at radius 3 is 1.82 bits per heavy atom. The number of oxime groups is 1. The number of rotatable bonds is 12. The highest BCUT2D eigenvalue weighted by Crippen LogP contribution is 2.37. The third-order valence-electron chi connectivity index (χ3n) is 6.64. The van der Waals surface area contributed by atoms with Crippen LogP contribution in [-0.4, -0.2) is 17.5 Å². The van der Waals surface area contributed by atoms with Gasteiger partial charge in [-0.15, -0.1) is 11.3 Å². The zero-order valence-electron chi connectivity index (χ0n) is 23.6. The van der Waals surface area contributed by atoms with Gasteiger partial charge in [0.2, 0.25) is 5.78 Å². The number of carbonyl (C=O) groups excluding carboxylic acids is 2. The van der Waals surface area contributed by atoms with Crippen molar-refractivity contribution in [1.29, 1.82) is 0 Å². The Morgan fingerprint density at radius 2 is 1.30 bits per heavy atom. The highest BCUT2D eigenvalue weighted by molar-refractivity contribution is 7.18. The first-order chi connectivity index (χ1) is 19.4. The summed E-state index contributed by atoms with van der Waals surface area (Å²) in [4.78, 5) is 33.2. The molecule has 0 N–H and O–H groups in total. The summed E-state index contributed by atoms with van der Waals surface area (Å²) in [6.07, 6.45) is 4.53. The average Bonchev–Trinajstić information content (AvgIpc) is 3.45. The first-order valence-corrected chi connectivity index (χ1v) is 14.6. The molecule has 0 aliphatic heterocycles. The van der Waals surface area contributed by atoms with Gasteiger partial charge in [-0.1, -0.05) is 78.9 Å². The van der Waals surface area contributed by atoms with E-state index < -0.39 is 5.97 Å². The van der Waals surface area contributed by atoms with E-state index in [1.54, 1.807) is 0 Å². The van der Waals surface area contributed by atoms with Gasteiger partial charge in [0.1, 0.15) is 5.71 Å². The van der Waals surface area contributed by atoms with Crippen LogP contribution in [0.4, 0.5) is 17.1 Å². The number of unbranched alkanes of at least 4 members (excludes halogenated alkanes) is 3. The van der Waals surface area contributed by atoms with Crippen LogP contribution in [0.3, 0.4) is 0 Å². The van der Waals surface area contributed by atoms with E-state index in [1.165, 1.54) is 29.4 Å². The summed E-state index contributed by atoms with van der Waals surface area (Å²) in [7, 11) is 0. The molecule has 5 nitrogen and oxygen atoms in total. The Hall–Kier alpha value is -4.03. The molecule has 0 saturated heterocycles. The van der Waals surface area contributed by atoms with Gasteiger partial charge in [0.25, 0.3) is 0 Å². The lowest BCUT2D eigenvalue weighted by atomic mass is 10.1. The molecule has 6 heteroatoms. The Labute approximate surface area is 241 Å². The normalized spacial score (nSPS) is 11.3. The lowest BCUT2D eigenvalue weighted by Gasteiger charge is -2.26. The summed E-state index contributed by atoms with van der Waals surface area (Å²) in [5.41, 5.74) is 6.98. The molecule has 0 bridgehead atoms. The molecule has 0 atom stereocenters. The maximum absolute atomic E-state index is 13.3. The van der Waals surface area contributed by atoms with Gasteiger partial charge in [0.05, 0.1) is 4.88 Å². The average molecular weight is 553 g/mol. The molecule has 1 aromatic heterocycles. The smallest absolute Gasteiger partial charge is 0.318 e. The van der Waals surface area contributed by atoms with Crippen LogP contribution in [0, 0.1) is 13.8 Å². The van der Waals surface area contributed by atoms with Crippen molar-refractivity contribution in [2.75, 3.05) is 4.90 Å². The SMILES string of the molecule is CCCCCC/C(=N\OC(C)=O)C(=O)c1ccc(-c2ccc(N(c3ccc(C)cc3)c3ccc(C)cc3)cc2)s1. The summed E-state index contributed by atoms with van der Waals surface area (Å²) >= 11 is 1.43. The number of nitrogens with zero attached hydrogens (tertiary/aromatic N) is 2. The fraction of sp³-hybridized carbons (Fsp3) is 0.265. The van der Waals surface area contributed by atoms with Crippen molar-refractivity contribution in [3.63, 3.8) is 0 Å². The molecule has 206 valence electrons. The van der Waals surface area contributed by atoms with Crippen molar-refractivity contribution in [1.82, 2.24) is 0 Å². The molecule has 0 aliphatic carbocycles. The van der Waals surface area contributed by atoms with Crippen LogP contribution in [-0.2, 0) is 9.63 Å². The van der Waals surface area contributed by atoms with Crippen LogP contribution in [0.1, 0.15) is 66.8 Å². The first-order valence-electron chi connectivity index (χ1n) is 13.8. The van der Waals surface area contributed by atoms with Gasteiger partial charge >= 0.3 is 5.97 Å². The quantitative estimate of drug-likeness (QED) is 0.0577. The fourth-order valence-electron chi connectivity index (χ4n) is 4.41. The number of hydrogen-bond acceptors (Lipinski definition) is 6. The number of aryl methyl sites for hydroxylation is 2. The van der Waals surface area contributed by atoms with Crippen LogP contribution >= 0.6 is 11.3 Å². The molecular formula is C34H36N2O3S. The van der Waals surface area contributed by atoms with Gasteiger partial charge in [-0.25, -0.2) is 4.79 Å². The second-order valence-electron chi connectivity index (χ2n) is 9.98. The predicted molar refractivity (Wildman–Crippen MR) is 166 cm³/mol. The van der Waals surface area contributed by atoms with Gasteiger partial charge in [0.15, 0.2) is 0 Å². The number of anilines is 3. The minimum Gasteiger partial charge on any atom is -0.318 e. The number of thiophene rings is 1. The summed E-state index contributed by atoms with van der Waals surface area (Å²) < 4.78 is 0. The minimum absolute atomic E-state index is 0.185. The molecule has 0 saturated carbocycles. The second-order valence-corrected chi connectivity index (χ2v) is 11.1. The van der Waals surface area contributed by atoms with Crippen LogP contribution in [0.5, 0.6) is 0 Å². The molecule has 0 radical (unpaired) electrons. The van der Waals surface area contributed by atoms with Crippen molar-refractivity contribution < 1.29 is 14.4 Å². The fourth-order valence-corrected chi connectivity index (χ4v) is 5.38. The second kappa shape index (κ2) is 13.9. The van der Waals surface area contributed by atoms with Gasteiger partial charge in [0, 0.05) is 28.9 Å². The van der Waals surface area contributed by atoms with E-state index in [9.17, 15) is 9.59 Å². The molecular weight excluding hydrogens is 516 g/mol. The van der Waals surface area contributed by atoms with E-state index >= 15 is 0 Å². The van der Waals surface area contributed by atoms with Crippen LogP contribution in [0.25, 0.3) is 10.4 Å². The summed E-state index contributed by atoms with van der Waals surface area (Å²) in [5, 5.41) is 3.90. The molecule has 0 fully saturated rings. The molecule has 0 spiro atoms. The highest BCUT2D eigenvalue weighted by atomic mass is 32.1. The van der Waals surface area contributed by atoms with Gasteiger partial charge in [-0.05, 0) is 80.8 Å². The van der Waals surface area contributed by atoms with Crippen molar-refractivity contribution in [3.8, 4) is 10.4 Å². The maximum Gasteiger partial charge on any atom is 0.331 e. The molecule has 40 heavy (non-hydrogen) atoms. The number of carbonyl (C=O) groups is 2. The third kappa shape index (κ3) is 7.54. The molecule has 3 aromatic carbocycles. The number of ketones is 1. The topological polar surface area (TPSA) is 59.0 Å². The monoisotopic (exact) mass is 552 g/mol. The highest BCUT2D eigenvalue weighted by Gasteiger charge is 2.19. The summed E-state index contributed by atoms with van der Waals surface area (Å²) in [5.74, 6) is -0.716. The van der Waals surface area contributed by atoms with E-state index in [1.807, 2.05) is 12.1 Å². The third-order valence-corrected chi connectivity index (χ3v) is 7.77. The number of benzene rings is 3. The van der Waals surface area contributed by atoms with E-state index in [2.05, 4.69) is 104 Å². The number of Topliss-reactive ketones (excluding diaryl/α,β-unsaturated/α-hetero) is 1. The predicted octanol–water partition coefficient (Wildman–Crippen LogP) is 9.57. The summed E-state index contributed by atoms with van der Waals surface area (Å²) in [6.45, 7) is 7.61. The van der Waals surface area contributed by atoms with Crippen LogP contribution < -0.4 is 4.90 Å². The van der Waals surface area contributed by atoms with E-state index in [4.69, 9.17) is 4.84 Å². The van der Waals surface area contributed by atoms with Crippen molar-refractivity contribution in [2.45, 2.75) is 59.8 Å². The van der Waals surface area contributed by atoms with Crippen LogP contribution in [0.15, 0.2) is 90.1 Å². The molecule has 4 rings (SSSR count). The Morgan fingerprint density at radius 1 is 0.750 bits per heavy atom. The lowest BCUT2D eigenvalue weighted by Crippen LogP contribution is -2.14. The first kappa shape index (κ1) is 29.0. The zero-order valence-corrected chi connectivity index (χ0v) is 24.5. The Balaban J connectivity index is 1.57. The Kier molecular flexibility index (Phi) is 10.0. The van der Waals surface area contributed by atoms with Gasteiger partial charge in [-0.2, -0.15) is 0 Å². The maximum atomic E-state index is 13.3. The zero-order chi connectivity index (χ0) is 28.5. The van der Waals surface area contributed by atoms with E-state index in [0.29, 0.717) is 17.0 Å². The van der Waals surface area contributed by atoms with Crippen molar-refractivity contribution in [3.05, 3.63) is 101 Å². The molecule has 4 aromatic rings.